The smallest absolute Gasteiger partial charge is 0.407 e. The lowest BCUT2D eigenvalue weighted by Crippen LogP contribution is -2.51. The van der Waals surface area contributed by atoms with Crippen LogP contribution in [0.3, 0.4) is 0 Å². The van der Waals surface area contributed by atoms with Crippen molar-refractivity contribution in [3.8, 4) is 33.6 Å². The second kappa shape index (κ2) is 14.9. The molecule has 2 aliphatic heterocycles. The number of nitrogens with one attached hydrogen (secondary N) is 3. The van der Waals surface area contributed by atoms with E-state index in [1.165, 1.54) is 7.11 Å². The Morgan fingerprint density at radius 2 is 1.18 bits per heavy atom. The Morgan fingerprint density at radius 3 is 1.60 bits per heavy atom. The minimum Gasteiger partial charge on any atom is -0.453 e. The maximum absolute atomic E-state index is 13.5. The Morgan fingerprint density at radius 1 is 0.740 bits per heavy atom. The highest BCUT2D eigenvalue weighted by Crippen LogP contribution is 2.35. The normalized spacial score (nSPS) is 18.9. The van der Waals surface area contributed by atoms with Gasteiger partial charge in [-0.1, -0.05) is 76.2 Å². The molecule has 0 spiro atoms. The summed E-state index contributed by atoms with van der Waals surface area (Å²) in [5.41, 5.74) is 12.2. The molecule has 6 rings (SSSR count). The Bertz CT molecular complexity index is 1800. The molecule has 0 aliphatic carbocycles. The first kappa shape index (κ1) is 34.9. The van der Waals surface area contributed by atoms with Crippen LogP contribution in [0, 0.1) is 11.8 Å². The minimum atomic E-state index is -0.676. The molecule has 3 amide bonds. The van der Waals surface area contributed by atoms with Gasteiger partial charge >= 0.3 is 6.09 Å². The topological polar surface area (TPSA) is 162 Å². The molecule has 0 radical (unpaired) electrons. The lowest BCUT2D eigenvalue weighted by Gasteiger charge is -2.30. The lowest BCUT2D eigenvalue weighted by molar-refractivity contribution is -0.136. The third-order valence-corrected chi connectivity index (χ3v) is 10.0. The highest BCUT2D eigenvalue weighted by atomic mass is 16.5. The van der Waals surface area contributed by atoms with Crippen molar-refractivity contribution in [3.63, 3.8) is 0 Å². The largest absolute Gasteiger partial charge is 0.453 e. The number of nitrogens with two attached hydrogens (primary N) is 1. The van der Waals surface area contributed by atoms with Crippen molar-refractivity contribution in [1.82, 2.24) is 35.1 Å². The van der Waals surface area contributed by atoms with Crippen molar-refractivity contribution < 1.29 is 19.1 Å². The van der Waals surface area contributed by atoms with Gasteiger partial charge in [0.05, 0.1) is 49.0 Å². The number of nitrogens with zero attached hydrogens (tertiary/aromatic N) is 4. The number of amides is 3. The lowest BCUT2D eigenvalue weighted by atomic mass is 10.0. The molecule has 2 aromatic heterocycles. The van der Waals surface area contributed by atoms with Gasteiger partial charge in [-0.2, -0.15) is 0 Å². The van der Waals surface area contributed by atoms with Crippen LogP contribution < -0.4 is 11.1 Å². The minimum absolute atomic E-state index is 0.0117. The number of methoxy groups -OCH3 is 1. The fourth-order valence-corrected chi connectivity index (χ4v) is 6.97. The third kappa shape index (κ3) is 7.16. The van der Waals surface area contributed by atoms with E-state index in [9.17, 15) is 14.4 Å². The summed E-state index contributed by atoms with van der Waals surface area (Å²) in [4.78, 5) is 58.3. The number of aromatic nitrogens is 4. The summed E-state index contributed by atoms with van der Waals surface area (Å²) in [6.45, 7) is 9.06. The second-order valence-corrected chi connectivity index (χ2v) is 14.0. The molecule has 2 aliphatic rings. The van der Waals surface area contributed by atoms with Crippen LogP contribution in [0.25, 0.3) is 33.6 Å². The van der Waals surface area contributed by atoms with Crippen molar-refractivity contribution in [1.29, 1.82) is 0 Å². The van der Waals surface area contributed by atoms with Crippen LogP contribution in [0.15, 0.2) is 60.9 Å². The van der Waals surface area contributed by atoms with E-state index in [1.807, 2.05) is 49.9 Å². The molecule has 264 valence electrons. The van der Waals surface area contributed by atoms with E-state index in [-0.39, 0.29) is 35.7 Å². The molecule has 0 unspecified atom stereocenters. The highest BCUT2D eigenvalue weighted by molar-refractivity contribution is 5.86. The van der Waals surface area contributed by atoms with E-state index in [0.29, 0.717) is 13.1 Å². The molecular formula is C38H48N8O4. The summed E-state index contributed by atoms with van der Waals surface area (Å²) >= 11 is 0. The monoisotopic (exact) mass is 680 g/mol. The fraction of sp³-hybridized carbons (Fsp3) is 0.447. The molecule has 4 heterocycles. The maximum atomic E-state index is 13.5. The van der Waals surface area contributed by atoms with Crippen molar-refractivity contribution >= 4 is 17.9 Å². The van der Waals surface area contributed by atoms with Crippen LogP contribution in [-0.4, -0.2) is 79.9 Å². The molecule has 0 saturated carbocycles. The first-order valence-electron chi connectivity index (χ1n) is 17.6. The Labute approximate surface area is 293 Å². The number of imidazole rings is 2. The van der Waals surface area contributed by atoms with Crippen molar-refractivity contribution in [2.24, 2.45) is 17.6 Å². The molecule has 2 fully saturated rings. The number of carbonyl (C=O) groups is 3. The first-order chi connectivity index (χ1) is 24.0. The average molecular weight is 681 g/mol. The van der Waals surface area contributed by atoms with E-state index < -0.39 is 18.2 Å². The predicted molar refractivity (Wildman–Crippen MR) is 191 cm³/mol. The van der Waals surface area contributed by atoms with E-state index >= 15 is 0 Å². The molecule has 50 heavy (non-hydrogen) atoms. The summed E-state index contributed by atoms with van der Waals surface area (Å²) in [6, 6.07) is 15.2. The van der Waals surface area contributed by atoms with Crippen LogP contribution in [0.2, 0.25) is 0 Å². The summed E-state index contributed by atoms with van der Waals surface area (Å²) in [6.07, 6.45) is 6.48. The first-order valence-corrected chi connectivity index (χ1v) is 17.6. The van der Waals surface area contributed by atoms with Gasteiger partial charge in [-0.25, -0.2) is 14.8 Å². The molecular weight excluding hydrogens is 632 g/mol. The van der Waals surface area contributed by atoms with Crippen LogP contribution in [0.4, 0.5) is 4.79 Å². The summed E-state index contributed by atoms with van der Waals surface area (Å²) in [7, 11) is 1.29. The van der Waals surface area contributed by atoms with Gasteiger partial charge < -0.3 is 35.6 Å². The number of likely N-dealkylation sites (tertiary alicyclic amines) is 2. The van der Waals surface area contributed by atoms with Crippen LogP contribution >= 0.6 is 0 Å². The van der Waals surface area contributed by atoms with E-state index in [4.69, 9.17) is 10.5 Å². The molecule has 4 atom stereocenters. The highest BCUT2D eigenvalue weighted by Gasteiger charge is 2.38. The van der Waals surface area contributed by atoms with E-state index in [0.717, 1.165) is 71.0 Å². The molecule has 12 heteroatoms. The van der Waals surface area contributed by atoms with Gasteiger partial charge in [0.1, 0.15) is 17.7 Å². The van der Waals surface area contributed by atoms with Gasteiger partial charge in [0.25, 0.3) is 0 Å². The zero-order valence-electron chi connectivity index (χ0n) is 29.5. The number of H-pyrrole nitrogens is 2. The molecule has 0 bridgehead atoms. The molecule has 2 aromatic carbocycles. The third-order valence-electron chi connectivity index (χ3n) is 10.0. The fourth-order valence-electron chi connectivity index (χ4n) is 6.97. The number of aromatic amines is 2. The molecule has 2 saturated heterocycles. The predicted octanol–water partition coefficient (Wildman–Crippen LogP) is 5.82. The van der Waals surface area contributed by atoms with Crippen LogP contribution in [0.5, 0.6) is 0 Å². The van der Waals surface area contributed by atoms with Crippen LogP contribution in [0.1, 0.15) is 77.1 Å². The van der Waals surface area contributed by atoms with Gasteiger partial charge in [-0.3, -0.25) is 9.59 Å². The summed E-state index contributed by atoms with van der Waals surface area (Å²) < 4.78 is 4.75. The van der Waals surface area contributed by atoms with Gasteiger partial charge in [0, 0.05) is 13.1 Å². The number of alkyl carbamates (subject to hydrolysis) is 1. The van der Waals surface area contributed by atoms with Gasteiger partial charge in [0.2, 0.25) is 11.8 Å². The standard InChI is InChI=1S/C38H48N8O4/c1-22(2)32(39)36(47)45-18-6-8-30(45)34-40-20-28(42-34)26-14-10-24(11-15-26)25-12-16-27(17-13-25)29-21-41-35(43-29)31-9-7-19-46(31)37(48)33(23(3)4)44-38(49)50-5/h10-17,20-23,30-33H,6-9,18-19,39H2,1-5H3,(H,40,42)(H,41,43)(H,44,49)/t30-,31-,32-,33-/m0/s1. The summed E-state index contributed by atoms with van der Waals surface area (Å²) in [5, 5.41) is 2.70. The Balaban J connectivity index is 1.11. The Kier molecular flexibility index (Phi) is 10.4. The second-order valence-electron chi connectivity index (χ2n) is 14.0. The van der Waals surface area contributed by atoms with E-state index in [1.54, 1.807) is 0 Å². The average Bonchev–Trinajstić information content (AvgIpc) is 3.96. The SMILES string of the molecule is COC(=O)N[C@H](C(=O)N1CCC[C@H]1c1ncc(-c2ccc(-c3ccc(-c4cnc([C@@H]5CCCN5C(=O)[C@@H](N)C(C)C)[nH]4)cc3)cc2)[nH]1)C(C)C. The van der Waals surface area contributed by atoms with Crippen LogP contribution in [-0.2, 0) is 14.3 Å². The zero-order valence-corrected chi connectivity index (χ0v) is 29.5. The van der Waals surface area contributed by atoms with Crippen molar-refractivity contribution in [2.45, 2.75) is 77.5 Å². The van der Waals surface area contributed by atoms with Gasteiger partial charge in [0.15, 0.2) is 0 Å². The number of benzene rings is 2. The number of hydrogen-bond acceptors (Lipinski definition) is 7. The quantitative estimate of drug-likeness (QED) is 0.164. The number of hydrogen-bond donors (Lipinski definition) is 4. The number of carbonyl (C=O) groups excluding carboxylic acids is 3. The maximum Gasteiger partial charge on any atom is 0.407 e. The Hall–Kier alpha value is -4.97. The van der Waals surface area contributed by atoms with E-state index in [2.05, 4.69) is 73.8 Å². The van der Waals surface area contributed by atoms with Gasteiger partial charge in [-0.15, -0.1) is 0 Å². The molecule has 5 N–H and O–H groups in total. The van der Waals surface area contributed by atoms with Gasteiger partial charge in [-0.05, 0) is 59.8 Å². The molecule has 12 nitrogen and oxygen atoms in total. The summed E-state index contributed by atoms with van der Waals surface area (Å²) in [5.74, 6) is 1.38. The number of rotatable bonds is 10. The zero-order chi connectivity index (χ0) is 35.5. The number of ether oxygens (including phenoxy) is 1. The molecule has 4 aromatic rings. The van der Waals surface area contributed by atoms with Crippen molar-refractivity contribution in [3.05, 3.63) is 72.6 Å². The van der Waals surface area contributed by atoms with Crippen molar-refractivity contribution in [2.75, 3.05) is 20.2 Å².